The normalized spacial score (nSPS) is 26.2. The van der Waals surface area contributed by atoms with Gasteiger partial charge >= 0.3 is 0 Å². The van der Waals surface area contributed by atoms with E-state index in [1.54, 1.807) is 0 Å². The molecule has 1 saturated carbocycles. The highest BCUT2D eigenvalue weighted by atomic mass is 16.5. The van der Waals surface area contributed by atoms with Crippen molar-refractivity contribution in [1.29, 1.82) is 0 Å². The van der Waals surface area contributed by atoms with E-state index in [2.05, 4.69) is 10.6 Å². The molecule has 2 heterocycles. The van der Waals surface area contributed by atoms with Crippen LogP contribution in [0.5, 0.6) is 5.75 Å². The lowest BCUT2D eigenvalue weighted by Crippen LogP contribution is -2.48. The molecule has 22 heavy (non-hydrogen) atoms. The van der Waals surface area contributed by atoms with Crippen LogP contribution in [0.4, 0.5) is 0 Å². The van der Waals surface area contributed by atoms with Crippen molar-refractivity contribution < 1.29 is 14.3 Å². The first-order valence-corrected chi connectivity index (χ1v) is 7.91. The summed E-state index contributed by atoms with van der Waals surface area (Å²) in [5.74, 6) is 1.23. The maximum Gasteiger partial charge on any atom is 0.224 e. The molecule has 1 aromatic rings. The van der Waals surface area contributed by atoms with Crippen LogP contribution in [0.2, 0.25) is 0 Å². The number of benzene rings is 1. The molecular formula is C17H20N2O3. The van der Waals surface area contributed by atoms with Crippen LogP contribution < -0.4 is 25.8 Å². The van der Waals surface area contributed by atoms with E-state index >= 15 is 0 Å². The van der Waals surface area contributed by atoms with Gasteiger partial charge in [0.15, 0.2) is 0 Å². The Morgan fingerprint density at radius 2 is 2.18 bits per heavy atom. The molecule has 1 amide bonds. The molecule has 1 saturated heterocycles. The summed E-state index contributed by atoms with van der Waals surface area (Å²) in [5.41, 5.74) is 0. The van der Waals surface area contributed by atoms with Crippen molar-refractivity contribution in [2.45, 2.75) is 31.5 Å². The molecule has 2 aliphatic heterocycles. The smallest absolute Gasteiger partial charge is 0.224 e. The fourth-order valence-electron chi connectivity index (χ4n) is 2.81. The Bertz CT molecular complexity index is 690. The van der Waals surface area contributed by atoms with E-state index < -0.39 is 0 Å². The molecule has 3 aliphatic rings. The second-order valence-corrected chi connectivity index (χ2v) is 6.13. The van der Waals surface area contributed by atoms with Crippen molar-refractivity contribution >= 4 is 18.2 Å². The number of carbonyl (C=O) groups excluding carboxylic acids is 1. The predicted molar refractivity (Wildman–Crippen MR) is 82.3 cm³/mol. The molecule has 116 valence electrons. The van der Waals surface area contributed by atoms with Crippen molar-refractivity contribution in [3.05, 3.63) is 28.6 Å². The SMILES string of the molecule is O=C(NC1C=c2ccc(O[C@H]3CCOC3)cc2=CN1)C1CC1. The molecule has 1 aliphatic carbocycles. The lowest BCUT2D eigenvalue weighted by molar-refractivity contribution is -0.122. The maximum absolute atomic E-state index is 11.8. The van der Waals surface area contributed by atoms with Gasteiger partial charge in [-0.15, -0.1) is 0 Å². The minimum atomic E-state index is -0.129. The third kappa shape index (κ3) is 2.95. The number of amides is 1. The number of fused-ring (bicyclic) bond motifs is 1. The Morgan fingerprint density at radius 1 is 1.27 bits per heavy atom. The molecule has 0 radical (unpaired) electrons. The molecule has 0 bridgehead atoms. The zero-order chi connectivity index (χ0) is 14.9. The average molecular weight is 300 g/mol. The Hall–Kier alpha value is -2.01. The van der Waals surface area contributed by atoms with Crippen LogP contribution in [0.3, 0.4) is 0 Å². The fourth-order valence-corrected chi connectivity index (χ4v) is 2.81. The number of rotatable bonds is 4. The van der Waals surface area contributed by atoms with E-state index in [0.29, 0.717) is 6.61 Å². The predicted octanol–water partition coefficient (Wildman–Crippen LogP) is -0.172. The number of ether oxygens (including phenoxy) is 2. The number of nitrogens with one attached hydrogen (secondary N) is 2. The summed E-state index contributed by atoms with van der Waals surface area (Å²) in [6, 6.07) is 6.04. The largest absolute Gasteiger partial charge is 0.488 e. The number of carbonyl (C=O) groups is 1. The molecule has 5 heteroatoms. The van der Waals surface area contributed by atoms with Crippen molar-refractivity contribution in [1.82, 2.24) is 10.6 Å². The van der Waals surface area contributed by atoms with Crippen LogP contribution in [0.25, 0.3) is 12.3 Å². The van der Waals surface area contributed by atoms with E-state index in [0.717, 1.165) is 42.1 Å². The van der Waals surface area contributed by atoms with Crippen molar-refractivity contribution in [3.63, 3.8) is 0 Å². The van der Waals surface area contributed by atoms with E-state index in [-0.39, 0.29) is 24.1 Å². The van der Waals surface area contributed by atoms with Crippen molar-refractivity contribution in [3.8, 4) is 5.75 Å². The molecule has 2 fully saturated rings. The first kappa shape index (κ1) is 13.6. The van der Waals surface area contributed by atoms with Crippen LogP contribution >= 0.6 is 0 Å². The topological polar surface area (TPSA) is 59.6 Å². The number of hydrogen-bond donors (Lipinski definition) is 2. The minimum Gasteiger partial charge on any atom is -0.488 e. The summed E-state index contributed by atoms with van der Waals surface area (Å²) >= 11 is 0. The molecule has 0 spiro atoms. The van der Waals surface area contributed by atoms with Gasteiger partial charge in [-0.25, -0.2) is 0 Å². The Balaban J connectivity index is 1.48. The van der Waals surface area contributed by atoms with Gasteiger partial charge in [-0.05, 0) is 36.3 Å². The van der Waals surface area contributed by atoms with Gasteiger partial charge in [0.2, 0.25) is 5.91 Å². The monoisotopic (exact) mass is 300 g/mol. The van der Waals surface area contributed by atoms with Crippen LogP contribution in [0, 0.1) is 5.92 Å². The summed E-state index contributed by atoms with van der Waals surface area (Å²) in [5, 5.41) is 8.41. The van der Waals surface area contributed by atoms with Crippen LogP contribution in [-0.4, -0.2) is 31.4 Å². The van der Waals surface area contributed by atoms with Gasteiger partial charge in [0.1, 0.15) is 18.0 Å². The third-order valence-corrected chi connectivity index (χ3v) is 4.26. The zero-order valence-electron chi connectivity index (χ0n) is 12.4. The van der Waals surface area contributed by atoms with Crippen LogP contribution in [-0.2, 0) is 9.53 Å². The van der Waals surface area contributed by atoms with Crippen LogP contribution in [0.1, 0.15) is 19.3 Å². The molecule has 4 rings (SSSR count). The van der Waals surface area contributed by atoms with Gasteiger partial charge in [-0.2, -0.15) is 0 Å². The maximum atomic E-state index is 11.8. The van der Waals surface area contributed by atoms with E-state index in [9.17, 15) is 4.79 Å². The third-order valence-electron chi connectivity index (χ3n) is 4.26. The molecule has 1 unspecified atom stereocenters. The summed E-state index contributed by atoms with van der Waals surface area (Å²) in [4.78, 5) is 11.8. The summed E-state index contributed by atoms with van der Waals surface area (Å²) < 4.78 is 11.2. The molecule has 2 atom stereocenters. The van der Waals surface area contributed by atoms with Gasteiger partial charge in [-0.1, -0.05) is 6.07 Å². The van der Waals surface area contributed by atoms with Crippen molar-refractivity contribution in [2.24, 2.45) is 5.92 Å². The van der Waals surface area contributed by atoms with E-state index in [1.807, 2.05) is 30.5 Å². The van der Waals surface area contributed by atoms with E-state index in [1.165, 1.54) is 0 Å². The summed E-state index contributed by atoms with van der Waals surface area (Å²) in [7, 11) is 0. The summed E-state index contributed by atoms with van der Waals surface area (Å²) in [6.07, 6.45) is 6.98. The second-order valence-electron chi connectivity index (χ2n) is 6.13. The molecule has 5 nitrogen and oxygen atoms in total. The van der Waals surface area contributed by atoms with Gasteiger partial charge < -0.3 is 20.1 Å². The average Bonchev–Trinajstić information content (AvgIpc) is 3.26. The minimum absolute atomic E-state index is 0.129. The quantitative estimate of drug-likeness (QED) is 0.810. The lowest BCUT2D eigenvalue weighted by atomic mass is 10.1. The molecular weight excluding hydrogens is 280 g/mol. The Labute approximate surface area is 129 Å². The van der Waals surface area contributed by atoms with Crippen LogP contribution in [0.15, 0.2) is 18.2 Å². The zero-order valence-corrected chi connectivity index (χ0v) is 12.4. The van der Waals surface area contributed by atoms with Gasteiger partial charge in [0.25, 0.3) is 0 Å². The first-order chi connectivity index (χ1) is 10.8. The Kier molecular flexibility index (Phi) is 3.50. The first-order valence-electron chi connectivity index (χ1n) is 7.91. The van der Waals surface area contributed by atoms with Gasteiger partial charge in [0.05, 0.1) is 13.2 Å². The van der Waals surface area contributed by atoms with Crippen molar-refractivity contribution in [2.75, 3.05) is 13.2 Å². The number of hydrogen-bond acceptors (Lipinski definition) is 4. The lowest BCUT2D eigenvalue weighted by Gasteiger charge is -2.19. The Morgan fingerprint density at radius 3 is 2.95 bits per heavy atom. The molecule has 2 N–H and O–H groups in total. The highest BCUT2D eigenvalue weighted by molar-refractivity contribution is 5.82. The fraction of sp³-hybridized carbons (Fsp3) is 0.471. The molecule has 1 aromatic carbocycles. The standard InChI is InChI=1S/C17H20N2O3/c20-17(11-1-2-11)19-16-8-12-3-4-14(7-13(12)9-18-16)22-15-5-6-21-10-15/h3-4,7-9,11,15-16,18H,1-2,5-6,10H2,(H,19,20)/t15-,16?/m0/s1. The summed E-state index contributed by atoms with van der Waals surface area (Å²) in [6.45, 7) is 1.44. The van der Waals surface area contributed by atoms with E-state index in [4.69, 9.17) is 9.47 Å². The highest BCUT2D eigenvalue weighted by Crippen LogP contribution is 2.28. The highest BCUT2D eigenvalue weighted by Gasteiger charge is 2.30. The molecule has 0 aromatic heterocycles. The van der Waals surface area contributed by atoms with Gasteiger partial charge in [0, 0.05) is 23.8 Å². The van der Waals surface area contributed by atoms with Gasteiger partial charge in [-0.3, -0.25) is 4.79 Å². The second kappa shape index (κ2) is 5.65.